The van der Waals surface area contributed by atoms with Crippen LogP contribution >= 0.6 is 0 Å². The van der Waals surface area contributed by atoms with E-state index in [0.717, 1.165) is 30.0 Å². The summed E-state index contributed by atoms with van der Waals surface area (Å²) in [6.45, 7) is 4.11. The van der Waals surface area contributed by atoms with Crippen LogP contribution in [0.2, 0.25) is 0 Å². The van der Waals surface area contributed by atoms with Crippen molar-refractivity contribution < 1.29 is 9.47 Å². The van der Waals surface area contributed by atoms with Gasteiger partial charge in [-0.25, -0.2) is 0 Å². The van der Waals surface area contributed by atoms with E-state index in [4.69, 9.17) is 9.47 Å². The number of nitrogens with one attached hydrogen (secondary N) is 2. The van der Waals surface area contributed by atoms with Crippen molar-refractivity contribution in [2.24, 2.45) is 0 Å². The first kappa shape index (κ1) is 15.5. The molecular weight excluding hydrogens is 268 g/mol. The highest BCUT2D eigenvalue weighted by molar-refractivity contribution is 5.39. The van der Waals surface area contributed by atoms with Crippen LogP contribution in [0.1, 0.15) is 30.6 Å². The SMILES string of the molecule is CCCNC(c1cn[nH]n1)c1ccccc1OCCOC. The number of aromatic amines is 1. The van der Waals surface area contributed by atoms with Crippen molar-refractivity contribution in [2.45, 2.75) is 19.4 Å². The van der Waals surface area contributed by atoms with E-state index >= 15 is 0 Å². The van der Waals surface area contributed by atoms with Gasteiger partial charge in [-0.05, 0) is 19.0 Å². The molecule has 0 saturated carbocycles. The molecule has 0 aliphatic rings. The zero-order valence-corrected chi connectivity index (χ0v) is 12.5. The van der Waals surface area contributed by atoms with Gasteiger partial charge in [0.25, 0.3) is 0 Å². The van der Waals surface area contributed by atoms with E-state index < -0.39 is 0 Å². The van der Waals surface area contributed by atoms with E-state index in [9.17, 15) is 0 Å². The molecule has 1 aromatic carbocycles. The molecule has 1 heterocycles. The second-order valence-electron chi connectivity index (χ2n) is 4.66. The molecule has 0 aliphatic heterocycles. The normalized spacial score (nSPS) is 12.3. The number of benzene rings is 1. The Labute approximate surface area is 124 Å². The number of rotatable bonds is 9. The average Bonchev–Trinajstić information content (AvgIpc) is 3.03. The molecule has 0 spiro atoms. The zero-order chi connectivity index (χ0) is 14.9. The van der Waals surface area contributed by atoms with Crippen LogP contribution in [0.4, 0.5) is 0 Å². The van der Waals surface area contributed by atoms with Crippen LogP contribution in [0.15, 0.2) is 30.5 Å². The molecular formula is C15H22N4O2. The molecule has 114 valence electrons. The van der Waals surface area contributed by atoms with Gasteiger partial charge in [-0.15, -0.1) is 0 Å². The molecule has 0 bridgehead atoms. The van der Waals surface area contributed by atoms with Crippen LogP contribution in [0, 0.1) is 0 Å². The second-order valence-corrected chi connectivity index (χ2v) is 4.66. The topological polar surface area (TPSA) is 72.1 Å². The summed E-state index contributed by atoms with van der Waals surface area (Å²) >= 11 is 0. The zero-order valence-electron chi connectivity index (χ0n) is 12.5. The van der Waals surface area contributed by atoms with Crippen molar-refractivity contribution in [3.63, 3.8) is 0 Å². The Kier molecular flexibility index (Phi) is 6.18. The Morgan fingerprint density at radius 3 is 2.86 bits per heavy atom. The van der Waals surface area contributed by atoms with Gasteiger partial charge in [0.15, 0.2) is 0 Å². The van der Waals surface area contributed by atoms with Crippen LogP contribution < -0.4 is 10.1 Å². The first-order chi connectivity index (χ1) is 10.4. The summed E-state index contributed by atoms with van der Waals surface area (Å²) in [5, 5.41) is 14.3. The molecule has 2 rings (SSSR count). The maximum atomic E-state index is 5.81. The molecule has 0 aliphatic carbocycles. The quantitative estimate of drug-likeness (QED) is 0.690. The minimum absolute atomic E-state index is 0.0394. The van der Waals surface area contributed by atoms with Gasteiger partial charge >= 0.3 is 0 Å². The van der Waals surface area contributed by atoms with Gasteiger partial charge in [0.05, 0.1) is 18.8 Å². The van der Waals surface area contributed by atoms with Crippen LogP contribution in [-0.4, -0.2) is 42.3 Å². The summed E-state index contributed by atoms with van der Waals surface area (Å²) in [5.41, 5.74) is 1.90. The number of ether oxygens (including phenoxy) is 2. The molecule has 6 nitrogen and oxygen atoms in total. The lowest BCUT2D eigenvalue weighted by molar-refractivity contribution is 0.145. The lowest BCUT2D eigenvalue weighted by atomic mass is 10.0. The van der Waals surface area contributed by atoms with Crippen LogP contribution in [0.25, 0.3) is 0 Å². The molecule has 1 atom stereocenters. The lowest BCUT2D eigenvalue weighted by Gasteiger charge is -2.20. The Bertz CT molecular complexity index is 516. The van der Waals surface area contributed by atoms with Gasteiger partial charge in [-0.1, -0.05) is 25.1 Å². The van der Waals surface area contributed by atoms with Gasteiger partial charge in [0, 0.05) is 12.7 Å². The monoisotopic (exact) mass is 290 g/mol. The maximum Gasteiger partial charge on any atom is 0.124 e. The molecule has 21 heavy (non-hydrogen) atoms. The predicted octanol–water partition coefficient (Wildman–Crippen LogP) is 1.92. The number of hydrogen-bond donors (Lipinski definition) is 2. The smallest absolute Gasteiger partial charge is 0.124 e. The van der Waals surface area contributed by atoms with Gasteiger partial charge in [0.1, 0.15) is 18.1 Å². The molecule has 0 amide bonds. The second kappa shape index (κ2) is 8.39. The number of methoxy groups -OCH3 is 1. The third kappa shape index (κ3) is 4.27. The third-order valence-corrected chi connectivity index (χ3v) is 3.10. The average molecular weight is 290 g/mol. The molecule has 2 N–H and O–H groups in total. The van der Waals surface area contributed by atoms with E-state index in [2.05, 4.69) is 27.7 Å². The number of nitrogens with zero attached hydrogens (tertiary/aromatic N) is 2. The van der Waals surface area contributed by atoms with E-state index in [-0.39, 0.29) is 6.04 Å². The number of H-pyrrole nitrogens is 1. The van der Waals surface area contributed by atoms with Crippen LogP contribution in [0.5, 0.6) is 5.75 Å². The fraction of sp³-hybridized carbons (Fsp3) is 0.467. The van der Waals surface area contributed by atoms with Crippen molar-refractivity contribution in [3.8, 4) is 5.75 Å². The van der Waals surface area contributed by atoms with Crippen LogP contribution in [-0.2, 0) is 4.74 Å². The Morgan fingerprint density at radius 2 is 2.14 bits per heavy atom. The minimum atomic E-state index is -0.0394. The highest BCUT2D eigenvalue weighted by Gasteiger charge is 2.19. The van der Waals surface area contributed by atoms with Gasteiger partial charge < -0.3 is 14.8 Å². The van der Waals surface area contributed by atoms with Crippen molar-refractivity contribution >= 4 is 0 Å². The number of aromatic nitrogens is 3. The summed E-state index contributed by atoms with van der Waals surface area (Å²) in [5.74, 6) is 0.839. The van der Waals surface area contributed by atoms with Crippen molar-refractivity contribution in [2.75, 3.05) is 26.9 Å². The molecule has 1 aromatic heterocycles. The standard InChI is InChI=1S/C15H22N4O2/c1-3-8-16-15(13-11-17-19-18-13)12-6-4-5-7-14(12)21-10-9-20-2/h4-7,11,15-16H,3,8-10H2,1-2H3,(H,17,18,19). The summed E-state index contributed by atoms with van der Waals surface area (Å²) in [6, 6.07) is 7.93. The molecule has 1 unspecified atom stereocenters. The van der Waals surface area contributed by atoms with E-state index in [1.165, 1.54) is 0 Å². The van der Waals surface area contributed by atoms with Crippen LogP contribution in [0.3, 0.4) is 0 Å². The Morgan fingerprint density at radius 1 is 1.29 bits per heavy atom. The summed E-state index contributed by atoms with van der Waals surface area (Å²) < 4.78 is 10.8. The summed E-state index contributed by atoms with van der Waals surface area (Å²) in [6.07, 6.45) is 2.78. The summed E-state index contributed by atoms with van der Waals surface area (Å²) in [7, 11) is 1.66. The highest BCUT2D eigenvalue weighted by atomic mass is 16.5. The molecule has 6 heteroatoms. The first-order valence-corrected chi connectivity index (χ1v) is 7.16. The third-order valence-electron chi connectivity index (χ3n) is 3.10. The molecule has 0 saturated heterocycles. The fourth-order valence-corrected chi connectivity index (χ4v) is 2.10. The molecule has 0 radical (unpaired) electrons. The number of hydrogen-bond acceptors (Lipinski definition) is 5. The largest absolute Gasteiger partial charge is 0.491 e. The predicted molar refractivity (Wildman–Crippen MR) is 80.3 cm³/mol. The number of para-hydroxylation sites is 1. The molecule has 2 aromatic rings. The van der Waals surface area contributed by atoms with E-state index in [0.29, 0.717) is 13.2 Å². The fourth-order valence-electron chi connectivity index (χ4n) is 2.10. The van der Waals surface area contributed by atoms with Gasteiger partial charge in [-0.3, -0.25) is 0 Å². The maximum absolute atomic E-state index is 5.81. The van der Waals surface area contributed by atoms with Crippen molar-refractivity contribution in [1.82, 2.24) is 20.7 Å². The first-order valence-electron chi connectivity index (χ1n) is 7.16. The minimum Gasteiger partial charge on any atom is -0.491 e. The van der Waals surface area contributed by atoms with Crippen molar-refractivity contribution in [3.05, 3.63) is 41.7 Å². The lowest BCUT2D eigenvalue weighted by Crippen LogP contribution is -2.24. The van der Waals surface area contributed by atoms with Crippen molar-refractivity contribution in [1.29, 1.82) is 0 Å². The van der Waals surface area contributed by atoms with Gasteiger partial charge in [0.2, 0.25) is 0 Å². The highest BCUT2D eigenvalue weighted by Crippen LogP contribution is 2.28. The van der Waals surface area contributed by atoms with E-state index in [1.807, 2.05) is 24.3 Å². The molecule has 0 fully saturated rings. The van der Waals surface area contributed by atoms with Gasteiger partial charge in [-0.2, -0.15) is 15.4 Å². The Balaban J connectivity index is 2.22. The summed E-state index contributed by atoms with van der Waals surface area (Å²) in [4.78, 5) is 0. The van der Waals surface area contributed by atoms with E-state index in [1.54, 1.807) is 13.3 Å². The Hall–Kier alpha value is -1.92.